The molecule has 18 heavy (non-hydrogen) atoms. The molecule has 0 spiro atoms. The second kappa shape index (κ2) is 4.95. The van der Waals surface area contributed by atoms with E-state index in [1.807, 2.05) is 0 Å². The number of ether oxygens (including phenoxy) is 2. The average molecular weight is 250 g/mol. The van der Waals surface area contributed by atoms with Crippen LogP contribution < -0.4 is 20.1 Å². The molecule has 1 heterocycles. The molecule has 1 fully saturated rings. The van der Waals surface area contributed by atoms with E-state index in [4.69, 9.17) is 9.47 Å². The lowest BCUT2D eigenvalue weighted by molar-refractivity contribution is -0.124. The summed E-state index contributed by atoms with van der Waals surface area (Å²) in [5.74, 6) is 0.593. The fourth-order valence-electron chi connectivity index (χ4n) is 1.80. The molecule has 1 aliphatic rings. The first-order valence-corrected chi connectivity index (χ1v) is 5.46. The maximum atomic E-state index is 11.4. The number of amides is 2. The van der Waals surface area contributed by atoms with Crippen LogP contribution in [0.25, 0.3) is 0 Å². The van der Waals surface area contributed by atoms with E-state index >= 15 is 0 Å². The molecule has 0 bridgehead atoms. The van der Waals surface area contributed by atoms with Gasteiger partial charge in [0.2, 0.25) is 11.8 Å². The van der Waals surface area contributed by atoms with Crippen LogP contribution in [0.2, 0.25) is 0 Å². The Labute approximate surface area is 104 Å². The summed E-state index contributed by atoms with van der Waals surface area (Å²) in [6.45, 7) is 0. The largest absolute Gasteiger partial charge is 0.493 e. The van der Waals surface area contributed by atoms with Crippen molar-refractivity contribution in [3.63, 3.8) is 0 Å². The lowest BCUT2D eigenvalue weighted by Crippen LogP contribution is -2.29. The van der Waals surface area contributed by atoms with Crippen molar-refractivity contribution in [3.8, 4) is 11.5 Å². The third kappa shape index (κ3) is 2.37. The predicted octanol–water partition coefficient (Wildman–Crippen LogP) is 0.531. The number of hydrogen-bond donors (Lipinski definition) is 2. The van der Waals surface area contributed by atoms with Crippen LogP contribution in [0.4, 0.5) is 5.69 Å². The third-order valence-electron chi connectivity index (χ3n) is 2.69. The number of methoxy groups -OCH3 is 2. The summed E-state index contributed by atoms with van der Waals surface area (Å²) in [7, 11) is 3.08. The van der Waals surface area contributed by atoms with Gasteiger partial charge in [-0.1, -0.05) is 0 Å². The molecule has 6 nitrogen and oxygen atoms in total. The molecular formula is C12H14N2O4. The van der Waals surface area contributed by atoms with E-state index in [1.54, 1.807) is 25.3 Å². The number of anilines is 1. The highest BCUT2D eigenvalue weighted by molar-refractivity contribution is 6.06. The molecule has 6 heteroatoms. The number of imide groups is 1. The highest BCUT2D eigenvalue weighted by atomic mass is 16.5. The second-order valence-corrected chi connectivity index (χ2v) is 3.88. The zero-order valence-corrected chi connectivity index (χ0v) is 10.1. The number of carbonyl (C=O) groups excluding carboxylic acids is 2. The zero-order chi connectivity index (χ0) is 13.1. The lowest BCUT2D eigenvalue weighted by atomic mass is 10.2. The van der Waals surface area contributed by atoms with Crippen molar-refractivity contribution >= 4 is 17.5 Å². The summed E-state index contributed by atoms with van der Waals surface area (Å²) < 4.78 is 10.3. The van der Waals surface area contributed by atoms with Gasteiger partial charge in [0.15, 0.2) is 11.5 Å². The molecule has 0 aliphatic carbocycles. The van der Waals surface area contributed by atoms with E-state index in [-0.39, 0.29) is 18.2 Å². The van der Waals surface area contributed by atoms with Crippen LogP contribution >= 0.6 is 0 Å². The molecular weight excluding hydrogens is 236 g/mol. The lowest BCUT2D eigenvalue weighted by Gasteiger charge is -2.13. The van der Waals surface area contributed by atoms with Crippen LogP contribution in [0.15, 0.2) is 18.2 Å². The summed E-state index contributed by atoms with van der Waals surface area (Å²) >= 11 is 0. The summed E-state index contributed by atoms with van der Waals surface area (Å²) in [5, 5.41) is 5.22. The van der Waals surface area contributed by atoms with Crippen LogP contribution in [0.3, 0.4) is 0 Å². The van der Waals surface area contributed by atoms with Crippen LogP contribution in [-0.4, -0.2) is 32.1 Å². The molecule has 2 rings (SSSR count). The van der Waals surface area contributed by atoms with Crippen LogP contribution in [0.5, 0.6) is 11.5 Å². The first kappa shape index (κ1) is 12.2. The SMILES string of the molecule is COc1ccc(NC2CC(=O)NC2=O)cc1OC. The van der Waals surface area contributed by atoms with Gasteiger partial charge in [-0.2, -0.15) is 0 Å². The number of benzene rings is 1. The van der Waals surface area contributed by atoms with Crippen molar-refractivity contribution in [2.45, 2.75) is 12.5 Å². The van der Waals surface area contributed by atoms with E-state index in [9.17, 15) is 9.59 Å². The summed E-state index contributed by atoms with van der Waals surface area (Å²) in [4.78, 5) is 22.5. The van der Waals surface area contributed by atoms with Crippen molar-refractivity contribution in [2.75, 3.05) is 19.5 Å². The van der Waals surface area contributed by atoms with Crippen LogP contribution in [0.1, 0.15) is 6.42 Å². The zero-order valence-electron chi connectivity index (χ0n) is 10.1. The summed E-state index contributed by atoms with van der Waals surface area (Å²) in [6.07, 6.45) is 0.146. The van der Waals surface area contributed by atoms with Gasteiger partial charge in [-0.3, -0.25) is 14.9 Å². The summed E-state index contributed by atoms with van der Waals surface area (Å²) in [6, 6.07) is 4.68. The molecule has 1 atom stereocenters. The minimum atomic E-state index is -0.532. The Hall–Kier alpha value is -2.24. The van der Waals surface area contributed by atoms with Crippen molar-refractivity contribution < 1.29 is 19.1 Å². The Morgan fingerprint density at radius 1 is 1.22 bits per heavy atom. The molecule has 1 saturated heterocycles. The van der Waals surface area contributed by atoms with Gasteiger partial charge in [-0.25, -0.2) is 0 Å². The number of rotatable bonds is 4. The van der Waals surface area contributed by atoms with Gasteiger partial charge >= 0.3 is 0 Å². The molecule has 1 unspecified atom stereocenters. The third-order valence-corrected chi connectivity index (χ3v) is 2.69. The average Bonchev–Trinajstić information content (AvgIpc) is 2.67. The van der Waals surface area contributed by atoms with Gasteiger partial charge in [0, 0.05) is 11.8 Å². The standard InChI is InChI=1S/C12H14N2O4/c1-17-9-4-3-7(5-10(9)18-2)13-8-6-11(15)14-12(8)16/h3-5,8,13H,6H2,1-2H3,(H,14,15,16). The van der Waals surface area contributed by atoms with E-state index in [1.165, 1.54) is 7.11 Å². The van der Waals surface area contributed by atoms with Crippen molar-refractivity contribution in [2.24, 2.45) is 0 Å². The molecule has 2 N–H and O–H groups in total. The van der Waals surface area contributed by atoms with Crippen molar-refractivity contribution in [1.82, 2.24) is 5.32 Å². The maximum Gasteiger partial charge on any atom is 0.249 e. The highest BCUT2D eigenvalue weighted by Crippen LogP contribution is 2.30. The maximum absolute atomic E-state index is 11.4. The summed E-state index contributed by atoms with van der Waals surface area (Å²) in [5.41, 5.74) is 0.697. The molecule has 0 aromatic heterocycles. The fourth-order valence-corrected chi connectivity index (χ4v) is 1.80. The Morgan fingerprint density at radius 2 is 1.94 bits per heavy atom. The Bertz CT molecular complexity index is 487. The topological polar surface area (TPSA) is 76.7 Å². The van der Waals surface area contributed by atoms with E-state index in [0.717, 1.165) is 0 Å². The highest BCUT2D eigenvalue weighted by Gasteiger charge is 2.30. The van der Waals surface area contributed by atoms with Crippen molar-refractivity contribution in [3.05, 3.63) is 18.2 Å². The second-order valence-electron chi connectivity index (χ2n) is 3.88. The molecule has 0 saturated carbocycles. The van der Waals surface area contributed by atoms with E-state index < -0.39 is 6.04 Å². The molecule has 1 aromatic rings. The van der Waals surface area contributed by atoms with Gasteiger partial charge < -0.3 is 14.8 Å². The van der Waals surface area contributed by atoms with Gasteiger partial charge in [-0.05, 0) is 12.1 Å². The molecule has 2 amide bonds. The normalized spacial score (nSPS) is 18.4. The molecule has 96 valence electrons. The first-order chi connectivity index (χ1) is 8.63. The molecule has 1 aromatic carbocycles. The number of carbonyl (C=O) groups is 2. The minimum absolute atomic E-state index is 0.146. The molecule has 0 radical (unpaired) electrons. The Balaban J connectivity index is 2.14. The number of hydrogen-bond acceptors (Lipinski definition) is 5. The first-order valence-electron chi connectivity index (χ1n) is 5.46. The van der Waals surface area contributed by atoms with Gasteiger partial charge in [0.25, 0.3) is 0 Å². The van der Waals surface area contributed by atoms with E-state index in [2.05, 4.69) is 10.6 Å². The van der Waals surface area contributed by atoms with Crippen molar-refractivity contribution in [1.29, 1.82) is 0 Å². The van der Waals surface area contributed by atoms with Gasteiger partial charge in [0.1, 0.15) is 6.04 Å². The van der Waals surface area contributed by atoms with Crippen LogP contribution in [-0.2, 0) is 9.59 Å². The van der Waals surface area contributed by atoms with E-state index in [0.29, 0.717) is 17.2 Å². The van der Waals surface area contributed by atoms with Crippen LogP contribution in [0, 0.1) is 0 Å². The smallest absolute Gasteiger partial charge is 0.249 e. The van der Waals surface area contributed by atoms with Gasteiger partial charge in [0.05, 0.1) is 20.6 Å². The van der Waals surface area contributed by atoms with Gasteiger partial charge in [-0.15, -0.1) is 0 Å². The Kier molecular flexibility index (Phi) is 3.36. The fraction of sp³-hybridized carbons (Fsp3) is 0.333. The molecule has 1 aliphatic heterocycles. The minimum Gasteiger partial charge on any atom is -0.493 e. The predicted molar refractivity (Wildman–Crippen MR) is 64.7 cm³/mol. The number of nitrogens with one attached hydrogen (secondary N) is 2. The Morgan fingerprint density at radius 3 is 2.50 bits per heavy atom. The monoisotopic (exact) mass is 250 g/mol. The quantitative estimate of drug-likeness (QED) is 0.762.